The van der Waals surface area contributed by atoms with Crippen LogP contribution >= 0.6 is 34.8 Å². The first-order chi connectivity index (χ1) is 19.9. The van der Waals surface area contributed by atoms with E-state index in [4.69, 9.17) is 53.8 Å². The molecular weight excluding hydrogens is 593 g/mol. The summed E-state index contributed by atoms with van der Waals surface area (Å²) in [5.41, 5.74) is 0. The molecule has 2 aromatic heterocycles. The van der Waals surface area contributed by atoms with Crippen LogP contribution in [0, 0.1) is 0 Å². The Morgan fingerprint density at radius 2 is 1.37 bits per heavy atom. The summed E-state index contributed by atoms with van der Waals surface area (Å²) in [6.07, 6.45) is 1.88. The molecule has 0 radical (unpaired) electrons. The summed E-state index contributed by atoms with van der Waals surface area (Å²) in [6.45, 7) is 13.9. The number of nitrogens with one attached hydrogen (secondary N) is 1. The van der Waals surface area contributed by atoms with Crippen LogP contribution in [0.5, 0.6) is 0 Å². The first-order valence-corrected chi connectivity index (χ1v) is 15.3. The van der Waals surface area contributed by atoms with E-state index in [-0.39, 0.29) is 6.04 Å². The average Bonchev–Trinajstić information content (AvgIpc) is 2.99. The molecule has 4 fully saturated rings. The van der Waals surface area contributed by atoms with Gasteiger partial charge in [-0.25, -0.2) is 15.0 Å². The lowest BCUT2D eigenvalue weighted by Gasteiger charge is -2.34. The van der Waals surface area contributed by atoms with Crippen LogP contribution in [0.3, 0.4) is 0 Å². The quantitative estimate of drug-likeness (QED) is 0.499. The Balaban J connectivity index is 0.000000159. The van der Waals surface area contributed by atoms with Crippen LogP contribution in [-0.4, -0.2) is 111 Å². The van der Waals surface area contributed by atoms with Gasteiger partial charge in [0.05, 0.1) is 45.7 Å². The van der Waals surface area contributed by atoms with E-state index in [0.29, 0.717) is 46.6 Å². The van der Waals surface area contributed by atoms with Gasteiger partial charge in [-0.15, -0.1) is 0 Å². The van der Waals surface area contributed by atoms with Crippen LogP contribution in [0.4, 0.5) is 11.8 Å². The maximum atomic E-state index is 6.17. The molecule has 4 aliphatic heterocycles. The van der Waals surface area contributed by atoms with Crippen molar-refractivity contribution < 1.29 is 18.9 Å². The predicted octanol–water partition coefficient (Wildman–Crippen LogP) is 3.86. The number of nitrogens with zero attached hydrogens (tertiary/aromatic N) is 6. The first-order valence-electron chi connectivity index (χ1n) is 14.2. The fourth-order valence-electron chi connectivity index (χ4n) is 4.74. The Bertz CT molecular complexity index is 1050. The van der Waals surface area contributed by atoms with Gasteiger partial charge in [-0.1, -0.05) is 34.8 Å². The number of rotatable bonds is 3. The highest BCUT2D eigenvalue weighted by molar-refractivity contribution is 6.33. The van der Waals surface area contributed by atoms with Crippen molar-refractivity contribution in [1.82, 2.24) is 25.3 Å². The van der Waals surface area contributed by atoms with E-state index < -0.39 is 0 Å². The molecule has 0 unspecified atom stereocenters. The Kier molecular flexibility index (Phi) is 13.3. The second-order valence-electron chi connectivity index (χ2n) is 10.3. The third-order valence-corrected chi connectivity index (χ3v) is 7.58. The molecule has 6 heterocycles. The molecule has 1 N–H and O–H groups in total. The SMILES string of the molecule is C[C@H]1COCCN1.C[C@H]1COCCN1c1nc(Cl)cc(N2CCOCC2)n1.Clc1cc(Cl)nc(C2CCOCC2)n1. The van der Waals surface area contributed by atoms with Crippen molar-refractivity contribution in [1.29, 1.82) is 0 Å². The Morgan fingerprint density at radius 3 is 1.98 bits per heavy atom. The van der Waals surface area contributed by atoms with E-state index in [1.807, 2.05) is 6.07 Å². The number of aromatic nitrogens is 4. The van der Waals surface area contributed by atoms with Gasteiger partial charge < -0.3 is 34.1 Å². The first kappa shape index (κ1) is 32.3. The van der Waals surface area contributed by atoms with Crippen LogP contribution in [0.25, 0.3) is 0 Å². The number of hydrogen-bond acceptors (Lipinski definition) is 11. The molecular formula is C27H40Cl3N7O4. The van der Waals surface area contributed by atoms with Gasteiger partial charge in [-0.2, -0.15) is 4.98 Å². The van der Waals surface area contributed by atoms with E-state index >= 15 is 0 Å². The molecule has 0 spiro atoms. The Labute approximate surface area is 257 Å². The lowest BCUT2D eigenvalue weighted by molar-refractivity contribution is 0.0824. The molecule has 4 aliphatic rings. The van der Waals surface area contributed by atoms with Crippen molar-refractivity contribution in [2.75, 3.05) is 88.8 Å². The van der Waals surface area contributed by atoms with E-state index in [0.717, 1.165) is 90.3 Å². The van der Waals surface area contributed by atoms with Gasteiger partial charge >= 0.3 is 0 Å². The molecule has 0 aliphatic carbocycles. The number of halogens is 3. The summed E-state index contributed by atoms with van der Waals surface area (Å²) >= 11 is 17.8. The van der Waals surface area contributed by atoms with Crippen LogP contribution in [-0.2, 0) is 18.9 Å². The number of morpholine rings is 3. The third-order valence-electron chi connectivity index (χ3n) is 7.00. The van der Waals surface area contributed by atoms with Gasteiger partial charge in [0.15, 0.2) is 0 Å². The van der Waals surface area contributed by atoms with Crippen molar-refractivity contribution in [2.24, 2.45) is 0 Å². The molecule has 0 saturated carbocycles. The highest BCUT2D eigenvalue weighted by Crippen LogP contribution is 2.26. The van der Waals surface area contributed by atoms with Crippen molar-refractivity contribution in [2.45, 2.75) is 44.7 Å². The van der Waals surface area contributed by atoms with Gasteiger partial charge in [0, 0.05) is 63.5 Å². The zero-order valence-electron chi connectivity index (χ0n) is 23.7. The Morgan fingerprint density at radius 1 is 0.732 bits per heavy atom. The molecule has 2 aromatic rings. The molecule has 0 aromatic carbocycles. The smallest absolute Gasteiger partial charge is 0.229 e. The van der Waals surface area contributed by atoms with Crippen molar-refractivity contribution in [3.05, 3.63) is 33.4 Å². The second-order valence-corrected chi connectivity index (χ2v) is 11.4. The minimum Gasteiger partial charge on any atom is -0.381 e. The van der Waals surface area contributed by atoms with Gasteiger partial charge in [-0.05, 0) is 26.7 Å². The molecule has 41 heavy (non-hydrogen) atoms. The lowest BCUT2D eigenvalue weighted by Crippen LogP contribution is -2.45. The zero-order valence-corrected chi connectivity index (χ0v) is 26.0. The van der Waals surface area contributed by atoms with Crippen molar-refractivity contribution >= 4 is 46.6 Å². The fraction of sp³-hybridized carbons (Fsp3) is 0.704. The highest BCUT2D eigenvalue weighted by Gasteiger charge is 2.24. The van der Waals surface area contributed by atoms with Gasteiger partial charge in [0.25, 0.3) is 0 Å². The standard InChI is InChI=1S/C13H19ClN4O2.C9H10Cl2N2O.C5H11NO/c1-10-9-20-7-4-18(10)13-15-11(14)8-12(16-13)17-2-5-19-6-3-17;10-7-5-8(11)13-9(12-7)6-1-3-14-4-2-6;1-5-4-7-3-2-6-5/h8,10H,2-7,9H2,1H3;5-6H,1-4H2;5-6H,2-4H2,1H3/t10-;;5-/m0.0/s1. The van der Waals surface area contributed by atoms with Crippen LogP contribution in [0.15, 0.2) is 12.1 Å². The van der Waals surface area contributed by atoms with E-state index in [9.17, 15) is 0 Å². The summed E-state index contributed by atoms with van der Waals surface area (Å²) in [7, 11) is 0. The van der Waals surface area contributed by atoms with Crippen LogP contribution < -0.4 is 15.1 Å². The topological polar surface area (TPSA) is 107 Å². The molecule has 11 nitrogen and oxygen atoms in total. The summed E-state index contributed by atoms with van der Waals surface area (Å²) in [4.78, 5) is 21.7. The van der Waals surface area contributed by atoms with Gasteiger partial charge in [0.2, 0.25) is 5.95 Å². The van der Waals surface area contributed by atoms with Crippen molar-refractivity contribution in [3.63, 3.8) is 0 Å². The summed E-state index contributed by atoms with van der Waals surface area (Å²) in [6, 6.07) is 4.20. The lowest BCUT2D eigenvalue weighted by atomic mass is 10.00. The summed E-state index contributed by atoms with van der Waals surface area (Å²) < 4.78 is 21.2. The summed E-state index contributed by atoms with van der Waals surface area (Å²) in [5, 5.41) is 4.56. The minimum absolute atomic E-state index is 0.264. The Hall–Kier alpha value is -1.57. The molecule has 14 heteroatoms. The molecule has 0 bridgehead atoms. The van der Waals surface area contributed by atoms with Crippen LogP contribution in [0.2, 0.25) is 15.5 Å². The second kappa shape index (κ2) is 16.9. The van der Waals surface area contributed by atoms with Crippen LogP contribution in [0.1, 0.15) is 38.4 Å². The zero-order chi connectivity index (χ0) is 29.0. The monoisotopic (exact) mass is 631 g/mol. The number of anilines is 2. The molecule has 4 saturated heterocycles. The predicted molar refractivity (Wildman–Crippen MR) is 161 cm³/mol. The largest absolute Gasteiger partial charge is 0.381 e. The van der Waals surface area contributed by atoms with E-state index in [2.05, 4.69) is 48.9 Å². The number of ether oxygens (including phenoxy) is 4. The number of hydrogen-bond donors (Lipinski definition) is 1. The molecule has 228 valence electrons. The average molecular weight is 633 g/mol. The molecule has 2 atom stereocenters. The normalized spacial score (nSPS) is 23.6. The van der Waals surface area contributed by atoms with Crippen molar-refractivity contribution in [3.8, 4) is 0 Å². The third kappa shape index (κ3) is 10.6. The highest BCUT2D eigenvalue weighted by atomic mass is 35.5. The van der Waals surface area contributed by atoms with E-state index in [1.54, 1.807) is 6.07 Å². The maximum Gasteiger partial charge on any atom is 0.229 e. The van der Waals surface area contributed by atoms with E-state index in [1.165, 1.54) is 0 Å². The summed E-state index contributed by atoms with van der Waals surface area (Å²) in [5.74, 6) is 2.64. The fourth-order valence-corrected chi connectivity index (χ4v) is 5.35. The molecule has 0 amide bonds. The van der Waals surface area contributed by atoms with Gasteiger partial charge in [0.1, 0.15) is 27.1 Å². The van der Waals surface area contributed by atoms with Gasteiger partial charge in [-0.3, -0.25) is 0 Å². The molecule has 6 rings (SSSR count). The maximum absolute atomic E-state index is 6.17. The minimum atomic E-state index is 0.264.